The van der Waals surface area contributed by atoms with Crippen molar-refractivity contribution in [2.24, 2.45) is 0 Å². The first kappa shape index (κ1) is 11.8. The molecule has 0 aliphatic carbocycles. The number of hydrogen-bond donors (Lipinski definition) is 1. The minimum atomic E-state index is -0.0558. The van der Waals surface area contributed by atoms with Crippen molar-refractivity contribution in [3.8, 4) is 17.4 Å². The van der Waals surface area contributed by atoms with Gasteiger partial charge in [-0.3, -0.25) is 0 Å². The minimum absolute atomic E-state index is 0.0558. The predicted octanol–water partition coefficient (Wildman–Crippen LogP) is 3.13. The molecule has 1 aromatic heterocycles. The maximum atomic E-state index is 5.87. The molecule has 1 aliphatic heterocycles. The first-order valence-electron chi connectivity index (χ1n) is 6.22. The maximum Gasteiger partial charge on any atom is 0.219 e. The molecule has 0 bridgehead atoms. The number of nitrogens with zero attached hydrogens (tertiary/aromatic N) is 1. The van der Waals surface area contributed by atoms with E-state index < -0.39 is 0 Å². The zero-order valence-corrected chi connectivity index (χ0v) is 11.0. The highest BCUT2D eigenvalue weighted by molar-refractivity contribution is 5.53. The van der Waals surface area contributed by atoms with Crippen molar-refractivity contribution in [3.63, 3.8) is 0 Å². The van der Waals surface area contributed by atoms with Crippen molar-refractivity contribution < 1.29 is 9.47 Å². The molecule has 1 aliphatic rings. The van der Waals surface area contributed by atoms with Crippen molar-refractivity contribution >= 4 is 5.69 Å². The smallest absolute Gasteiger partial charge is 0.219 e. The van der Waals surface area contributed by atoms with Gasteiger partial charge in [0.15, 0.2) is 0 Å². The molecule has 0 fully saturated rings. The second kappa shape index (κ2) is 4.16. The number of aromatic nitrogens is 1. The van der Waals surface area contributed by atoms with Crippen molar-refractivity contribution in [1.82, 2.24) is 4.98 Å². The molecule has 4 heteroatoms. The molecule has 0 unspecified atom stereocenters. The van der Waals surface area contributed by atoms with E-state index in [1.807, 2.05) is 18.2 Å². The van der Waals surface area contributed by atoms with Crippen LogP contribution in [0.25, 0.3) is 0 Å². The van der Waals surface area contributed by atoms with E-state index in [1.54, 1.807) is 18.3 Å². The fourth-order valence-electron chi connectivity index (χ4n) is 2.28. The number of nitrogens with two attached hydrogens (primary N) is 1. The highest BCUT2D eigenvalue weighted by Gasteiger charge is 2.35. The highest BCUT2D eigenvalue weighted by atomic mass is 16.5. The van der Waals surface area contributed by atoms with Gasteiger partial charge >= 0.3 is 0 Å². The number of nitrogen functional groups attached to an aromatic ring is 1. The van der Waals surface area contributed by atoms with Crippen LogP contribution in [0.15, 0.2) is 36.5 Å². The summed E-state index contributed by atoms with van der Waals surface area (Å²) in [5, 5.41) is 0. The Morgan fingerprint density at radius 3 is 2.84 bits per heavy atom. The molecule has 0 saturated heterocycles. The van der Waals surface area contributed by atoms with Crippen molar-refractivity contribution in [3.05, 3.63) is 42.1 Å². The largest absolute Gasteiger partial charge is 0.492 e. The van der Waals surface area contributed by atoms with Gasteiger partial charge in [0.2, 0.25) is 5.88 Å². The van der Waals surface area contributed by atoms with E-state index in [2.05, 4.69) is 18.8 Å². The van der Waals surface area contributed by atoms with Crippen LogP contribution in [0.5, 0.6) is 17.4 Å². The lowest BCUT2D eigenvalue weighted by Gasteiger charge is -2.18. The molecule has 4 nitrogen and oxygen atoms in total. The Hall–Kier alpha value is -2.23. The molecule has 0 saturated carbocycles. The topological polar surface area (TPSA) is 57.4 Å². The quantitative estimate of drug-likeness (QED) is 0.896. The minimum Gasteiger partial charge on any atom is -0.492 e. The first-order chi connectivity index (χ1) is 9.06. The van der Waals surface area contributed by atoms with Crippen LogP contribution in [-0.2, 0) is 5.41 Å². The average molecular weight is 256 g/mol. The van der Waals surface area contributed by atoms with Crippen LogP contribution in [0.4, 0.5) is 5.69 Å². The van der Waals surface area contributed by atoms with Crippen LogP contribution in [-0.4, -0.2) is 11.6 Å². The molecular formula is C15H16N2O2. The Kier molecular flexibility index (Phi) is 2.59. The summed E-state index contributed by atoms with van der Waals surface area (Å²) >= 11 is 0. The van der Waals surface area contributed by atoms with Gasteiger partial charge in [-0.05, 0) is 18.2 Å². The normalized spacial score (nSPS) is 15.7. The van der Waals surface area contributed by atoms with E-state index in [0.717, 1.165) is 17.1 Å². The van der Waals surface area contributed by atoms with Crippen molar-refractivity contribution in [1.29, 1.82) is 0 Å². The zero-order chi connectivity index (χ0) is 13.5. The Balaban J connectivity index is 1.99. The lowest BCUT2D eigenvalue weighted by molar-refractivity contribution is 0.290. The van der Waals surface area contributed by atoms with E-state index >= 15 is 0 Å². The molecule has 0 radical (unpaired) electrons. The summed E-state index contributed by atoms with van der Waals surface area (Å²) in [5.41, 5.74) is 7.27. The van der Waals surface area contributed by atoms with E-state index in [0.29, 0.717) is 18.2 Å². The van der Waals surface area contributed by atoms with Crippen LogP contribution in [0, 0.1) is 0 Å². The lowest BCUT2D eigenvalue weighted by atomic mass is 9.86. The number of rotatable bonds is 2. The third-order valence-electron chi connectivity index (χ3n) is 3.23. The molecule has 2 heterocycles. The van der Waals surface area contributed by atoms with Crippen LogP contribution in [0.2, 0.25) is 0 Å². The lowest BCUT2D eigenvalue weighted by Crippen LogP contribution is -2.19. The highest BCUT2D eigenvalue weighted by Crippen LogP contribution is 2.45. The monoisotopic (exact) mass is 256 g/mol. The van der Waals surface area contributed by atoms with Crippen LogP contribution in [0.1, 0.15) is 19.4 Å². The van der Waals surface area contributed by atoms with Gasteiger partial charge in [-0.15, -0.1) is 0 Å². The van der Waals surface area contributed by atoms with Crippen LogP contribution >= 0.6 is 0 Å². The van der Waals surface area contributed by atoms with Crippen molar-refractivity contribution in [2.45, 2.75) is 19.3 Å². The summed E-state index contributed by atoms with van der Waals surface area (Å²) in [6.07, 6.45) is 1.58. The molecule has 0 spiro atoms. The summed E-state index contributed by atoms with van der Waals surface area (Å²) in [5.74, 6) is 2.21. The molecule has 3 rings (SSSR count). The average Bonchev–Trinajstić information content (AvgIpc) is 2.70. The van der Waals surface area contributed by atoms with E-state index in [9.17, 15) is 0 Å². The van der Waals surface area contributed by atoms with E-state index in [4.69, 9.17) is 15.2 Å². The number of anilines is 1. The summed E-state index contributed by atoms with van der Waals surface area (Å²) in [4.78, 5) is 4.16. The third-order valence-corrected chi connectivity index (χ3v) is 3.23. The van der Waals surface area contributed by atoms with E-state index in [-0.39, 0.29) is 5.41 Å². The number of fused-ring (bicyclic) bond motifs is 1. The Labute approximate surface area is 112 Å². The van der Waals surface area contributed by atoms with Gasteiger partial charge < -0.3 is 15.2 Å². The van der Waals surface area contributed by atoms with Gasteiger partial charge in [0.25, 0.3) is 0 Å². The molecule has 2 aromatic rings. The van der Waals surface area contributed by atoms with E-state index in [1.165, 1.54) is 0 Å². The Morgan fingerprint density at radius 1 is 1.26 bits per heavy atom. The first-order valence-corrected chi connectivity index (χ1v) is 6.22. The molecule has 0 amide bonds. The van der Waals surface area contributed by atoms with Gasteiger partial charge in [-0.25, -0.2) is 4.98 Å². The molecule has 19 heavy (non-hydrogen) atoms. The molecule has 1 aromatic carbocycles. The summed E-state index contributed by atoms with van der Waals surface area (Å²) in [6, 6.07) is 9.36. The second-order valence-corrected chi connectivity index (χ2v) is 5.33. The Bertz CT molecular complexity index is 606. The molecule has 2 N–H and O–H groups in total. The summed E-state index contributed by atoms with van der Waals surface area (Å²) < 4.78 is 11.6. The Morgan fingerprint density at radius 2 is 2.11 bits per heavy atom. The molecule has 0 atom stereocenters. The standard InChI is InChI=1S/C15H16N2O2/c1-15(2)9-18-11-4-3-5-12(14(11)15)19-13-7-6-10(16)8-17-13/h3-8H,9,16H2,1-2H3. The molecular weight excluding hydrogens is 240 g/mol. The van der Waals surface area contributed by atoms with Gasteiger partial charge in [0, 0.05) is 17.0 Å². The number of hydrogen-bond acceptors (Lipinski definition) is 4. The van der Waals surface area contributed by atoms with Crippen molar-refractivity contribution in [2.75, 3.05) is 12.3 Å². The molecule has 98 valence electrons. The SMILES string of the molecule is CC1(C)COc2cccc(Oc3ccc(N)cn3)c21. The maximum absolute atomic E-state index is 5.87. The van der Waals surface area contributed by atoms with Gasteiger partial charge in [0.05, 0.1) is 18.5 Å². The van der Waals surface area contributed by atoms with Crippen LogP contribution in [0.3, 0.4) is 0 Å². The van der Waals surface area contributed by atoms with Crippen LogP contribution < -0.4 is 15.2 Å². The van der Waals surface area contributed by atoms with Gasteiger partial charge in [0.1, 0.15) is 11.5 Å². The summed E-state index contributed by atoms with van der Waals surface area (Å²) in [7, 11) is 0. The van der Waals surface area contributed by atoms with Gasteiger partial charge in [-0.2, -0.15) is 0 Å². The number of ether oxygens (including phenoxy) is 2. The third kappa shape index (κ3) is 2.10. The summed E-state index contributed by atoms with van der Waals surface area (Å²) in [6.45, 7) is 4.95. The fraction of sp³-hybridized carbons (Fsp3) is 0.267. The second-order valence-electron chi connectivity index (χ2n) is 5.33. The number of pyridine rings is 1. The predicted molar refractivity (Wildman–Crippen MR) is 73.7 cm³/mol. The number of benzene rings is 1. The fourth-order valence-corrected chi connectivity index (χ4v) is 2.28. The zero-order valence-electron chi connectivity index (χ0n) is 11.0. The van der Waals surface area contributed by atoms with Gasteiger partial charge in [-0.1, -0.05) is 19.9 Å².